The van der Waals surface area contributed by atoms with Crippen molar-refractivity contribution in [3.8, 4) is 17.2 Å². The number of piperidine rings is 1. The maximum Gasteiger partial charge on any atom is 0.264 e. The van der Waals surface area contributed by atoms with E-state index in [0.717, 1.165) is 41.0 Å². The third-order valence-corrected chi connectivity index (χ3v) is 11.2. The molecule has 16 heteroatoms. The number of para-hydroxylation sites is 2. The molecule has 4 aromatic rings. The van der Waals surface area contributed by atoms with Gasteiger partial charge in [-0.1, -0.05) is 24.3 Å². The topological polar surface area (TPSA) is 151 Å². The number of anilines is 1. The van der Waals surface area contributed by atoms with Gasteiger partial charge in [0.05, 0.1) is 57.2 Å². The van der Waals surface area contributed by atoms with Crippen LogP contribution in [0.2, 0.25) is 0 Å². The maximum atomic E-state index is 14.8. The number of fused-ring (bicyclic) bond motifs is 1. The average Bonchev–Trinajstić information content (AvgIpc) is 3.66. The van der Waals surface area contributed by atoms with Gasteiger partial charge >= 0.3 is 0 Å². The first-order valence-electron chi connectivity index (χ1n) is 18.7. The summed E-state index contributed by atoms with van der Waals surface area (Å²) in [7, 11) is 0.169. The van der Waals surface area contributed by atoms with Crippen LogP contribution in [-0.4, -0.2) is 119 Å². The molecule has 2 aliphatic heterocycles. The highest BCUT2D eigenvalue weighted by molar-refractivity contribution is 7.86. The van der Waals surface area contributed by atoms with Crippen molar-refractivity contribution in [2.75, 3.05) is 72.3 Å². The van der Waals surface area contributed by atoms with E-state index in [9.17, 15) is 22.4 Å². The van der Waals surface area contributed by atoms with Gasteiger partial charge in [-0.15, -0.1) is 0 Å². The molecule has 3 heterocycles. The van der Waals surface area contributed by atoms with E-state index in [2.05, 4.69) is 14.8 Å². The van der Waals surface area contributed by atoms with Crippen molar-refractivity contribution in [3.05, 3.63) is 77.6 Å². The van der Waals surface area contributed by atoms with Gasteiger partial charge in [-0.3, -0.25) is 18.7 Å². The lowest BCUT2D eigenvalue weighted by atomic mass is 9.75. The molecule has 2 fully saturated rings. The van der Waals surface area contributed by atoms with Crippen molar-refractivity contribution in [1.29, 1.82) is 0 Å². The number of halogens is 1. The minimum atomic E-state index is -4.09. The van der Waals surface area contributed by atoms with E-state index >= 15 is 0 Å². The van der Waals surface area contributed by atoms with Crippen LogP contribution in [0.5, 0.6) is 17.2 Å². The van der Waals surface area contributed by atoms with Crippen LogP contribution in [0.4, 0.5) is 10.3 Å². The molecule has 1 N–H and O–H groups in total. The molecule has 2 unspecified atom stereocenters. The highest BCUT2D eigenvalue weighted by atomic mass is 32.2. The standard InChI is InChI=1S/C40H50FN5O9S/c1-6-54-22-21-45-32-10-8-7-9-31(32)43-39(45)42-30-15-18-44(19-16-30)20-17-40(25-27-11-13-29(41)14-12-27)35(55-56(5,49)50)26-46(38(40)48)37(47)28-23-33(51-2)36(53-4)34(24-28)52-3/h7-14,23-24,30,35H,6,15-22,25-26H2,1-5H3,(H,42,43). The van der Waals surface area contributed by atoms with Crippen LogP contribution in [0.3, 0.4) is 0 Å². The van der Waals surface area contributed by atoms with Gasteiger partial charge in [0.1, 0.15) is 11.9 Å². The van der Waals surface area contributed by atoms with E-state index in [-0.39, 0.29) is 48.2 Å². The number of nitrogens with one attached hydrogen (secondary N) is 1. The van der Waals surface area contributed by atoms with Gasteiger partial charge in [-0.2, -0.15) is 8.42 Å². The summed E-state index contributed by atoms with van der Waals surface area (Å²) in [6.45, 7) is 5.33. The Morgan fingerprint density at radius 1 is 0.982 bits per heavy atom. The molecule has 0 aliphatic carbocycles. The lowest BCUT2D eigenvalue weighted by Crippen LogP contribution is -2.47. The number of ether oxygens (including phenoxy) is 4. The zero-order chi connectivity index (χ0) is 40.0. The van der Waals surface area contributed by atoms with Crippen LogP contribution in [0, 0.1) is 11.2 Å². The third-order valence-electron chi connectivity index (χ3n) is 10.6. The summed E-state index contributed by atoms with van der Waals surface area (Å²) in [5.74, 6) is -0.245. The number of nitrogens with zero attached hydrogens (tertiary/aromatic N) is 4. The molecular formula is C40H50FN5O9S. The summed E-state index contributed by atoms with van der Waals surface area (Å²) in [5.41, 5.74) is 1.12. The molecule has 0 saturated carbocycles. The van der Waals surface area contributed by atoms with Crippen molar-refractivity contribution in [2.24, 2.45) is 5.41 Å². The number of rotatable bonds is 17. The number of imide groups is 1. The molecule has 2 saturated heterocycles. The van der Waals surface area contributed by atoms with Crippen LogP contribution in [0.15, 0.2) is 60.7 Å². The number of methoxy groups -OCH3 is 3. The van der Waals surface area contributed by atoms with Gasteiger partial charge in [0, 0.05) is 37.8 Å². The summed E-state index contributed by atoms with van der Waals surface area (Å²) in [4.78, 5) is 37.1. The minimum absolute atomic E-state index is 0.0152. The van der Waals surface area contributed by atoms with E-state index in [4.69, 9.17) is 28.1 Å². The molecule has 6 rings (SSSR count). The maximum absolute atomic E-state index is 14.8. The smallest absolute Gasteiger partial charge is 0.264 e. The van der Waals surface area contributed by atoms with E-state index in [1.165, 1.54) is 45.6 Å². The van der Waals surface area contributed by atoms with Crippen molar-refractivity contribution in [2.45, 2.75) is 51.3 Å². The Bertz CT molecular complexity index is 2100. The normalized spacial score (nSPS) is 19.4. The second kappa shape index (κ2) is 17.6. The monoisotopic (exact) mass is 795 g/mol. The first-order valence-corrected chi connectivity index (χ1v) is 20.5. The molecular weight excluding hydrogens is 746 g/mol. The fraction of sp³-hybridized carbons (Fsp3) is 0.475. The first kappa shape index (κ1) is 40.9. The van der Waals surface area contributed by atoms with Crippen LogP contribution in [0.1, 0.15) is 42.1 Å². The predicted molar refractivity (Wildman–Crippen MR) is 208 cm³/mol. The SMILES string of the molecule is CCOCCn1c(NC2CCN(CCC3(Cc4ccc(F)cc4)C(=O)N(C(=O)c4cc(OC)c(OC)c(OC)c4)CC3OS(C)(=O)=O)CC2)nc2ccccc21. The Labute approximate surface area is 326 Å². The Kier molecular flexibility index (Phi) is 12.8. The number of hydrogen-bond acceptors (Lipinski definition) is 12. The summed E-state index contributed by atoms with van der Waals surface area (Å²) in [5, 5.41) is 3.65. The highest BCUT2D eigenvalue weighted by Crippen LogP contribution is 2.44. The largest absolute Gasteiger partial charge is 0.493 e. The highest BCUT2D eigenvalue weighted by Gasteiger charge is 2.57. The van der Waals surface area contributed by atoms with Gasteiger partial charge in [0.2, 0.25) is 17.6 Å². The van der Waals surface area contributed by atoms with Crippen LogP contribution < -0.4 is 19.5 Å². The van der Waals surface area contributed by atoms with Crippen molar-refractivity contribution in [1.82, 2.24) is 19.4 Å². The lowest BCUT2D eigenvalue weighted by molar-refractivity contribution is -0.136. The van der Waals surface area contributed by atoms with Gasteiger partial charge in [-0.05, 0) is 81.1 Å². The van der Waals surface area contributed by atoms with Crippen molar-refractivity contribution < 1.29 is 45.5 Å². The molecule has 0 radical (unpaired) electrons. The van der Waals surface area contributed by atoms with Crippen molar-refractivity contribution in [3.63, 3.8) is 0 Å². The number of aromatic nitrogens is 2. The van der Waals surface area contributed by atoms with Crippen LogP contribution in [-0.2, 0) is 36.8 Å². The lowest BCUT2D eigenvalue weighted by Gasteiger charge is -2.37. The number of carbonyl (C=O) groups is 2. The predicted octanol–water partition coefficient (Wildman–Crippen LogP) is 4.76. The zero-order valence-electron chi connectivity index (χ0n) is 32.5. The summed E-state index contributed by atoms with van der Waals surface area (Å²) < 4.78 is 69.3. The number of benzene rings is 3. The minimum Gasteiger partial charge on any atom is -0.493 e. The Hall–Kier alpha value is -4.77. The molecule has 0 spiro atoms. The zero-order valence-corrected chi connectivity index (χ0v) is 33.3. The summed E-state index contributed by atoms with van der Waals surface area (Å²) in [6.07, 6.45) is 1.48. The van der Waals surface area contributed by atoms with E-state index in [0.29, 0.717) is 45.0 Å². The number of imidazole rings is 1. The van der Waals surface area contributed by atoms with Gasteiger partial charge in [-0.25, -0.2) is 9.37 Å². The van der Waals surface area contributed by atoms with E-state index in [1.807, 2.05) is 31.2 Å². The Morgan fingerprint density at radius 3 is 2.29 bits per heavy atom. The molecule has 2 amide bonds. The molecule has 302 valence electrons. The Balaban J connectivity index is 1.24. The molecule has 14 nitrogen and oxygen atoms in total. The fourth-order valence-corrected chi connectivity index (χ4v) is 8.43. The van der Waals surface area contributed by atoms with Crippen molar-refractivity contribution >= 4 is 38.9 Å². The van der Waals surface area contributed by atoms with E-state index in [1.54, 1.807) is 12.1 Å². The van der Waals surface area contributed by atoms with Crippen LogP contribution in [0.25, 0.3) is 11.0 Å². The second-order valence-electron chi connectivity index (χ2n) is 14.2. The fourth-order valence-electron chi connectivity index (χ4n) is 7.76. The molecule has 1 aromatic heterocycles. The van der Waals surface area contributed by atoms with E-state index < -0.39 is 39.3 Å². The number of amides is 2. The number of hydrogen-bond donors (Lipinski definition) is 1. The number of likely N-dealkylation sites (tertiary alicyclic amines) is 2. The quantitative estimate of drug-likeness (QED) is 0.0892. The van der Waals surface area contributed by atoms with Gasteiger partial charge in [0.25, 0.3) is 16.0 Å². The molecule has 3 aromatic carbocycles. The molecule has 56 heavy (non-hydrogen) atoms. The Morgan fingerprint density at radius 2 is 1.66 bits per heavy atom. The summed E-state index contributed by atoms with van der Waals surface area (Å²) in [6, 6.07) is 16.7. The molecule has 2 atom stereocenters. The summed E-state index contributed by atoms with van der Waals surface area (Å²) >= 11 is 0. The molecule has 0 bridgehead atoms. The average molecular weight is 796 g/mol. The van der Waals surface area contributed by atoms with Gasteiger partial charge < -0.3 is 33.7 Å². The molecule has 2 aliphatic rings. The van der Waals surface area contributed by atoms with Crippen LogP contribution >= 0.6 is 0 Å². The van der Waals surface area contributed by atoms with Gasteiger partial charge in [0.15, 0.2) is 11.5 Å². The first-order chi connectivity index (χ1) is 26.9. The second-order valence-corrected chi connectivity index (χ2v) is 15.8. The third kappa shape index (κ3) is 8.93. The number of carbonyl (C=O) groups excluding carboxylic acids is 2.